The molecule has 1 aliphatic rings. The highest BCUT2D eigenvalue weighted by Gasteiger charge is 2.13. The van der Waals surface area contributed by atoms with Crippen molar-refractivity contribution in [3.8, 4) is 0 Å². The summed E-state index contributed by atoms with van der Waals surface area (Å²) in [6.45, 7) is 12.6. The van der Waals surface area contributed by atoms with Gasteiger partial charge in [-0.25, -0.2) is 0 Å². The van der Waals surface area contributed by atoms with Gasteiger partial charge in [0.25, 0.3) is 0 Å². The zero-order valence-corrected chi connectivity index (χ0v) is 12.4. The van der Waals surface area contributed by atoms with Crippen LogP contribution in [0.3, 0.4) is 0 Å². The lowest BCUT2D eigenvalue weighted by atomic mass is 10.0. The predicted octanol–water partition coefficient (Wildman–Crippen LogP) is 2.11. The van der Waals surface area contributed by atoms with E-state index >= 15 is 0 Å². The molecule has 1 unspecified atom stereocenters. The summed E-state index contributed by atoms with van der Waals surface area (Å²) in [5.41, 5.74) is 4.20. The van der Waals surface area contributed by atoms with E-state index < -0.39 is 0 Å². The van der Waals surface area contributed by atoms with Crippen molar-refractivity contribution in [2.75, 3.05) is 32.8 Å². The molecule has 19 heavy (non-hydrogen) atoms. The SMILES string of the molecule is Cc1cccc(C)c1CNC(C)CN1CCOCC1. The summed E-state index contributed by atoms with van der Waals surface area (Å²) >= 11 is 0. The first-order chi connectivity index (χ1) is 9.16. The first-order valence-corrected chi connectivity index (χ1v) is 7.25. The van der Waals surface area contributed by atoms with Crippen molar-refractivity contribution in [1.82, 2.24) is 10.2 Å². The van der Waals surface area contributed by atoms with Crippen LogP contribution in [0.4, 0.5) is 0 Å². The molecule has 1 heterocycles. The lowest BCUT2D eigenvalue weighted by molar-refractivity contribution is 0.0343. The Balaban J connectivity index is 1.81. The van der Waals surface area contributed by atoms with Gasteiger partial charge in [0.15, 0.2) is 0 Å². The van der Waals surface area contributed by atoms with Crippen LogP contribution in [0.5, 0.6) is 0 Å². The number of benzene rings is 1. The standard InChI is InChI=1S/C16H26N2O/c1-13-5-4-6-14(2)16(13)11-17-15(3)12-18-7-9-19-10-8-18/h4-6,15,17H,7-12H2,1-3H3. The second kappa shape index (κ2) is 7.04. The first kappa shape index (κ1) is 14.5. The lowest BCUT2D eigenvalue weighted by Crippen LogP contribution is -2.44. The van der Waals surface area contributed by atoms with Gasteiger partial charge < -0.3 is 10.1 Å². The Hall–Kier alpha value is -0.900. The number of rotatable bonds is 5. The van der Waals surface area contributed by atoms with Crippen LogP contribution in [0.25, 0.3) is 0 Å². The fourth-order valence-electron chi connectivity index (χ4n) is 2.64. The average molecular weight is 262 g/mol. The van der Waals surface area contributed by atoms with Crippen molar-refractivity contribution in [1.29, 1.82) is 0 Å². The van der Waals surface area contributed by atoms with Crippen molar-refractivity contribution < 1.29 is 4.74 Å². The molecular weight excluding hydrogens is 236 g/mol. The normalized spacial score (nSPS) is 18.5. The summed E-state index contributed by atoms with van der Waals surface area (Å²) < 4.78 is 5.38. The van der Waals surface area contributed by atoms with Gasteiger partial charge in [0.05, 0.1) is 13.2 Å². The third kappa shape index (κ3) is 4.30. The molecule has 1 saturated heterocycles. The summed E-state index contributed by atoms with van der Waals surface area (Å²) in [4.78, 5) is 2.48. The Labute approximate surface area is 116 Å². The average Bonchev–Trinajstić information content (AvgIpc) is 2.39. The van der Waals surface area contributed by atoms with Crippen molar-refractivity contribution in [2.45, 2.75) is 33.4 Å². The zero-order valence-electron chi connectivity index (χ0n) is 12.4. The van der Waals surface area contributed by atoms with E-state index in [1.807, 2.05) is 0 Å². The Kier molecular flexibility index (Phi) is 5.37. The number of hydrogen-bond acceptors (Lipinski definition) is 3. The molecule has 1 aromatic rings. The topological polar surface area (TPSA) is 24.5 Å². The third-order valence-electron chi connectivity index (χ3n) is 3.91. The molecule has 106 valence electrons. The van der Waals surface area contributed by atoms with Gasteiger partial charge >= 0.3 is 0 Å². The number of nitrogens with zero attached hydrogens (tertiary/aromatic N) is 1. The minimum Gasteiger partial charge on any atom is -0.379 e. The fourth-order valence-corrected chi connectivity index (χ4v) is 2.64. The maximum absolute atomic E-state index is 5.38. The molecular formula is C16H26N2O. The molecule has 1 fully saturated rings. The quantitative estimate of drug-likeness (QED) is 0.879. The second-order valence-corrected chi connectivity index (χ2v) is 5.57. The molecule has 0 aromatic heterocycles. The van der Waals surface area contributed by atoms with Gasteiger partial charge in [0.2, 0.25) is 0 Å². The van der Waals surface area contributed by atoms with Crippen LogP contribution in [-0.4, -0.2) is 43.8 Å². The van der Waals surface area contributed by atoms with E-state index in [0.29, 0.717) is 6.04 Å². The predicted molar refractivity (Wildman–Crippen MR) is 79.5 cm³/mol. The Morgan fingerprint density at radius 2 is 1.84 bits per heavy atom. The largest absolute Gasteiger partial charge is 0.379 e. The molecule has 2 rings (SSSR count). The van der Waals surface area contributed by atoms with E-state index in [-0.39, 0.29) is 0 Å². The van der Waals surface area contributed by atoms with Crippen LogP contribution < -0.4 is 5.32 Å². The van der Waals surface area contributed by atoms with Gasteiger partial charge in [-0.1, -0.05) is 18.2 Å². The van der Waals surface area contributed by atoms with Gasteiger partial charge in [-0.3, -0.25) is 4.90 Å². The zero-order chi connectivity index (χ0) is 13.7. The second-order valence-electron chi connectivity index (χ2n) is 5.57. The van der Waals surface area contributed by atoms with Gasteiger partial charge in [0.1, 0.15) is 0 Å². The van der Waals surface area contributed by atoms with E-state index in [4.69, 9.17) is 4.74 Å². The first-order valence-electron chi connectivity index (χ1n) is 7.25. The maximum Gasteiger partial charge on any atom is 0.0594 e. The third-order valence-corrected chi connectivity index (χ3v) is 3.91. The molecule has 3 nitrogen and oxygen atoms in total. The number of aryl methyl sites for hydroxylation is 2. The van der Waals surface area contributed by atoms with Crippen LogP contribution in [0, 0.1) is 13.8 Å². The van der Waals surface area contributed by atoms with Crippen LogP contribution in [-0.2, 0) is 11.3 Å². The molecule has 0 amide bonds. The number of hydrogen-bond donors (Lipinski definition) is 1. The molecule has 1 atom stereocenters. The van der Waals surface area contributed by atoms with Crippen LogP contribution in [0.1, 0.15) is 23.6 Å². The number of nitrogens with one attached hydrogen (secondary N) is 1. The summed E-state index contributed by atoms with van der Waals surface area (Å²) in [5, 5.41) is 3.65. The molecule has 1 aliphatic heterocycles. The van der Waals surface area contributed by atoms with Crippen molar-refractivity contribution in [3.05, 3.63) is 34.9 Å². The van der Waals surface area contributed by atoms with E-state index in [9.17, 15) is 0 Å². The Bertz CT molecular complexity index is 379. The Morgan fingerprint density at radius 1 is 1.21 bits per heavy atom. The highest BCUT2D eigenvalue weighted by Crippen LogP contribution is 2.13. The molecule has 0 radical (unpaired) electrons. The van der Waals surface area contributed by atoms with Gasteiger partial charge in [-0.15, -0.1) is 0 Å². The summed E-state index contributed by atoms with van der Waals surface area (Å²) in [7, 11) is 0. The molecule has 1 aromatic carbocycles. The van der Waals surface area contributed by atoms with Crippen molar-refractivity contribution >= 4 is 0 Å². The van der Waals surface area contributed by atoms with E-state index in [2.05, 4.69) is 49.2 Å². The molecule has 0 aliphatic carbocycles. The summed E-state index contributed by atoms with van der Waals surface area (Å²) in [6.07, 6.45) is 0. The Morgan fingerprint density at radius 3 is 2.47 bits per heavy atom. The number of ether oxygens (including phenoxy) is 1. The molecule has 0 bridgehead atoms. The van der Waals surface area contributed by atoms with E-state index in [1.165, 1.54) is 16.7 Å². The molecule has 0 spiro atoms. The van der Waals surface area contributed by atoms with Crippen molar-refractivity contribution in [3.63, 3.8) is 0 Å². The minimum atomic E-state index is 0.511. The molecule has 0 saturated carbocycles. The monoisotopic (exact) mass is 262 g/mol. The van der Waals surface area contributed by atoms with Crippen molar-refractivity contribution in [2.24, 2.45) is 0 Å². The smallest absolute Gasteiger partial charge is 0.0594 e. The maximum atomic E-state index is 5.38. The van der Waals surface area contributed by atoms with E-state index in [1.54, 1.807) is 0 Å². The highest BCUT2D eigenvalue weighted by atomic mass is 16.5. The van der Waals surface area contributed by atoms with E-state index in [0.717, 1.165) is 39.4 Å². The van der Waals surface area contributed by atoms with Crippen LogP contribution in [0.2, 0.25) is 0 Å². The minimum absolute atomic E-state index is 0.511. The highest BCUT2D eigenvalue weighted by molar-refractivity contribution is 5.33. The van der Waals surface area contributed by atoms with Crippen LogP contribution >= 0.6 is 0 Å². The number of morpholine rings is 1. The van der Waals surface area contributed by atoms with Gasteiger partial charge in [0, 0.05) is 32.2 Å². The lowest BCUT2D eigenvalue weighted by Gasteiger charge is -2.29. The molecule has 1 N–H and O–H groups in total. The fraction of sp³-hybridized carbons (Fsp3) is 0.625. The molecule has 3 heteroatoms. The van der Waals surface area contributed by atoms with Gasteiger partial charge in [-0.2, -0.15) is 0 Å². The van der Waals surface area contributed by atoms with Crippen LogP contribution in [0.15, 0.2) is 18.2 Å². The van der Waals surface area contributed by atoms with Gasteiger partial charge in [-0.05, 0) is 37.5 Å². The summed E-state index contributed by atoms with van der Waals surface area (Å²) in [5.74, 6) is 0. The summed E-state index contributed by atoms with van der Waals surface area (Å²) in [6, 6.07) is 7.02.